The Hall–Kier alpha value is -3.01. The van der Waals surface area contributed by atoms with Gasteiger partial charge in [0.05, 0.1) is 0 Å². The third-order valence-corrected chi connectivity index (χ3v) is 4.27. The van der Waals surface area contributed by atoms with E-state index in [-0.39, 0.29) is 17.8 Å². The van der Waals surface area contributed by atoms with Crippen LogP contribution in [0.5, 0.6) is 0 Å². The molecule has 23 heavy (non-hydrogen) atoms. The molecule has 1 aromatic carbocycles. The van der Waals surface area contributed by atoms with E-state index in [1.54, 1.807) is 16.5 Å². The Morgan fingerprint density at radius 1 is 1.39 bits per heavy atom. The van der Waals surface area contributed by atoms with Gasteiger partial charge in [0.25, 0.3) is 5.91 Å². The smallest absolute Gasteiger partial charge is 0.278 e. The summed E-state index contributed by atoms with van der Waals surface area (Å²) in [5, 5.41) is 17.9. The summed E-state index contributed by atoms with van der Waals surface area (Å²) in [6.45, 7) is 1.37. The first-order valence-corrected chi connectivity index (χ1v) is 7.60. The molecule has 0 aliphatic carbocycles. The zero-order valence-electron chi connectivity index (χ0n) is 11.9. The Bertz CT molecular complexity index is 835. The predicted molar refractivity (Wildman–Crippen MR) is 83.5 cm³/mol. The van der Waals surface area contributed by atoms with Crippen LogP contribution in [0, 0.1) is 0 Å². The zero-order chi connectivity index (χ0) is 16.0. The van der Waals surface area contributed by atoms with Crippen molar-refractivity contribution in [3.63, 3.8) is 0 Å². The Morgan fingerprint density at radius 2 is 2.22 bits per heavy atom. The van der Waals surface area contributed by atoms with Gasteiger partial charge in [0.15, 0.2) is 0 Å². The quantitative estimate of drug-likeness (QED) is 0.687. The van der Waals surface area contributed by atoms with Crippen LogP contribution < -0.4 is 21.0 Å². The van der Waals surface area contributed by atoms with Gasteiger partial charge >= 0.3 is 0 Å². The molecule has 0 radical (unpaired) electrons. The second kappa shape index (κ2) is 4.74. The van der Waals surface area contributed by atoms with Gasteiger partial charge in [0, 0.05) is 18.2 Å². The van der Waals surface area contributed by atoms with E-state index in [0.29, 0.717) is 16.4 Å². The second-order valence-electron chi connectivity index (χ2n) is 5.00. The number of rotatable bonds is 1. The first kappa shape index (κ1) is 13.6. The number of nitrogens with one attached hydrogen (secondary N) is 3. The number of hydrogen-bond donors (Lipinski definition) is 3. The molecule has 9 nitrogen and oxygen atoms in total. The van der Waals surface area contributed by atoms with Crippen molar-refractivity contribution in [3.8, 4) is 0 Å². The first-order chi connectivity index (χ1) is 11.1. The molecular weight excluding hydrogens is 318 g/mol. The van der Waals surface area contributed by atoms with Gasteiger partial charge in [-0.05, 0) is 6.07 Å². The van der Waals surface area contributed by atoms with Gasteiger partial charge in [-0.25, -0.2) is 4.90 Å². The second-order valence-corrected chi connectivity index (χ2v) is 5.81. The number of benzene rings is 1. The maximum absolute atomic E-state index is 12.7. The molecule has 3 N–H and O–H groups in total. The number of fused-ring (bicyclic) bond motifs is 2. The molecule has 3 heterocycles. The van der Waals surface area contributed by atoms with Crippen molar-refractivity contribution in [2.24, 2.45) is 5.10 Å². The molecule has 4 rings (SSSR count). The fourth-order valence-electron chi connectivity index (χ4n) is 2.71. The molecule has 116 valence electrons. The highest BCUT2D eigenvalue weighted by Crippen LogP contribution is 2.43. The number of nitrogens with zero attached hydrogens (tertiary/aromatic N) is 4. The minimum atomic E-state index is -1.30. The molecule has 1 spiro atoms. The van der Waals surface area contributed by atoms with Crippen molar-refractivity contribution in [2.45, 2.75) is 12.6 Å². The van der Waals surface area contributed by atoms with Gasteiger partial charge in [-0.1, -0.05) is 29.5 Å². The lowest BCUT2D eigenvalue weighted by Crippen LogP contribution is -2.58. The SMILES string of the molecule is CC(=O)NC1=NNC2(C(=O)Nc3ccccc32)N1c1nncs1. The summed E-state index contributed by atoms with van der Waals surface area (Å²) in [7, 11) is 0. The molecule has 0 saturated carbocycles. The summed E-state index contributed by atoms with van der Waals surface area (Å²) in [4.78, 5) is 25.8. The van der Waals surface area contributed by atoms with Gasteiger partial charge in [0.2, 0.25) is 22.7 Å². The molecule has 10 heteroatoms. The number of amides is 2. The highest BCUT2D eigenvalue weighted by atomic mass is 32.1. The number of carbonyl (C=O) groups is 2. The Balaban J connectivity index is 1.89. The van der Waals surface area contributed by atoms with E-state index in [4.69, 9.17) is 0 Å². The average Bonchev–Trinajstić information content (AvgIpc) is 3.20. The highest BCUT2D eigenvalue weighted by Gasteiger charge is 2.57. The Kier molecular flexibility index (Phi) is 2.81. The van der Waals surface area contributed by atoms with Crippen LogP contribution >= 0.6 is 11.3 Å². The van der Waals surface area contributed by atoms with Crippen LogP contribution in [0.3, 0.4) is 0 Å². The number of guanidine groups is 1. The summed E-state index contributed by atoms with van der Waals surface area (Å²) in [5.74, 6) is -0.414. The van der Waals surface area contributed by atoms with Crippen molar-refractivity contribution in [2.75, 3.05) is 10.2 Å². The molecule has 2 aliphatic heterocycles. The third kappa shape index (κ3) is 1.81. The van der Waals surface area contributed by atoms with Crippen LogP contribution in [-0.4, -0.2) is 28.0 Å². The molecule has 1 aromatic heterocycles. The highest BCUT2D eigenvalue weighted by molar-refractivity contribution is 7.13. The van der Waals surface area contributed by atoms with Crippen LogP contribution in [0.4, 0.5) is 10.8 Å². The molecule has 1 unspecified atom stereocenters. The lowest BCUT2D eigenvalue weighted by Gasteiger charge is -2.31. The van der Waals surface area contributed by atoms with Crippen molar-refractivity contribution < 1.29 is 9.59 Å². The third-order valence-electron chi connectivity index (χ3n) is 3.59. The van der Waals surface area contributed by atoms with Crippen LogP contribution in [0.1, 0.15) is 12.5 Å². The fraction of sp³-hybridized carbons (Fsp3) is 0.154. The molecule has 1 atom stereocenters. The minimum absolute atomic E-state index is 0.195. The van der Waals surface area contributed by atoms with E-state index in [2.05, 4.69) is 31.4 Å². The summed E-state index contributed by atoms with van der Waals surface area (Å²) in [6, 6.07) is 7.29. The van der Waals surface area contributed by atoms with Gasteiger partial charge in [-0.3, -0.25) is 20.3 Å². The number of carbonyl (C=O) groups excluding carboxylic acids is 2. The van der Waals surface area contributed by atoms with Crippen LogP contribution in [0.25, 0.3) is 0 Å². The van der Waals surface area contributed by atoms with E-state index in [1.165, 1.54) is 18.3 Å². The predicted octanol–water partition coefficient (Wildman–Crippen LogP) is 0.160. The van der Waals surface area contributed by atoms with E-state index in [0.717, 1.165) is 0 Å². The summed E-state index contributed by atoms with van der Waals surface area (Å²) >= 11 is 1.24. The summed E-state index contributed by atoms with van der Waals surface area (Å²) in [5.41, 5.74) is 4.49. The topological polar surface area (TPSA) is 112 Å². The standard InChI is InChI=1S/C13H11N7O2S/c1-7(21)15-11-17-19-13(20(11)12-18-14-6-23-12)8-4-2-3-5-9(8)16-10(13)22/h2-6,19H,1H3,(H,16,22)(H,15,17,21). The van der Waals surface area contributed by atoms with Crippen LogP contribution in [0.15, 0.2) is 34.9 Å². The number of hydrogen-bond acceptors (Lipinski definition) is 8. The van der Waals surface area contributed by atoms with Gasteiger partial charge in [-0.15, -0.1) is 15.3 Å². The average molecular weight is 329 g/mol. The molecular formula is C13H11N7O2S. The van der Waals surface area contributed by atoms with Crippen molar-refractivity contribution in [1.29, 1.82) is 0 Å². The largest absolute Gasteiger partial charge is 0.322 e. The number of para-hydroxylation sites is 1. The maximum Gasteiger partial charge on any atom is 0.278 e. The fourth-order valence-corrected chi connectivity index (χ4v) is 3.32. The Labute approximate surface area is 134 Å². The van der Waals surface area contributed by atoms with E-state index in [9.17, 15) is 9.59 Å². The molecule has 2 amide bonds. The Morgan fingerprint density at radius 3 is 2.96 bits per heavy atom. The van der Waals surface area contributed by atoms with Crippen LogP contribution in [0.2, 0.25) is 0 Å². The molecule has 0 fully saturated rings. The summed E-state index contributed by atoms with van der Waals surface area (Å²) < 4.78 is 0. The monoisotopic (exact) mass is 329 g/mol. The van der Waals surface area contributed by atoms with E-state index >= 15 is 0 Å². The normalized spacial score (nSPS) is 21.7. The minimum Gasteiger partial charge on any atom is -0.322 e. The molecule has 0 bridgehead atoms. The first-order valence-electron chi connectivity index (χ1n) is 6.73. The lowest BCUT2D eigenvalue weighted by atomic mass is 10.0. The van der Waals surface area contributed by atoms with E-state index in [1.807, 2.05) is 18.2 Å². The van der Waals surface area contributed by atoms with Gasteiger partial charge in [-0.2, -0.15) is 0 Å². The van der Waals surface area contributed by atoms with Crippen molar-refractivity contribution in [3.05, 3.63) is 35.3 Å². The summed E-state index contributed by atoms with van der Waals surface area (Å²) in [6.07, 6.45) is 0. The lowest BCUT2D eigenvalue weighted by molar-refractivity contribution is -0.121. The zero-order valence-corrected chi connectivity index (χ0v) is 12.7. The maximum atomic E-state index is 12.7. The molecule has 0 saturated heterocycles. The van der Waals surface area contributed by atoms with E-state index < -0.39 is 5.66 Å². The van der Waals surface area contributed by atoms with Crippen LogP contribution in [-0.2, 0) is 15.3 Å². The van der Waals surface area contributed by atoms with Crippen molar-refractivity contribution >= 4 is 39.9 Å². The molecule has 2 aliphatic rings. The van der Waals surface area contributed by atoms with Crippen molar-refractivity contribution in [1.82, 2.24) is 20.9 Å². The molecule has 2 aromatic rings. The number of hydrazone groups is 1. The number of anilines is 2. The van der Waals surface area contributed by atoms with Gasteiger partial charge in [0.1, 0.15) is 5.51 Å². The van der Waals surface area contributed by atoms with Gasteiger partial charge < -0.3 is 5.32 Å². The number of aromatic nitrogens is 2.